The molecule has 19 heavy (non-hydrogen) atoms. The van der Waals surface area contributed by atoms with Crippen molar-refractivity contribution in [1.82, 2.24) is 10.6 Å². The maximum absolute atomic E-state index is 12.4. The number of fused-ring (bicyclic) bond motifs is 1. The number of carbonyl (C=O) groups excluding carboxylic acids is 1. The lowest BCUT2D eigenvalue weighted by atomic mass is 9.92. The van der Waals surface area contributed by atoms with Gasteiger partial charge in [-0.05, 0) is 30.9 Å². The molecule has 4 heteroatoms. The highest BCUT2D eigenvalue weighted by molar-refractivity contribution is 5.84. The molecule has 0 saturated heterocycles. The highest BCUT2D eigenvalue weighted by Gasteiger charge is 2.30. The van der Waals surface area contributed by atoms with Gasteiger partial charge in [0.15, 0.2) is 0 Å². The first kappa shape index (κ1) is 14.0. The van der Waals surface area contributed by atoms with E-state index >= 15 is 0 Å². The summed E-state index contributed by atoms with van der Waals surface area (Å²) in [6, 6.07) is 7.71. The molecule has 0 saturated carbocycles. The Hall–Kier alpha value is -1.39. The fourth-order valence-electron chi connectivity index (χ4n) is 2.35. The lowest BCUT2D eigenvalue weighted by Crippen LogP contribution is -2.52. The Morgan fingerprint density at radius 3 is 2.95 bits per heavy atom. The van der Waals surface area contributed by atoms with Gasteiger partial charge in [-0.1, -0.05) is 31.2 Å². The maximum Gasteiger partial charge on any atom is 0.242 e. The van der Waals surface area contributed by atoms with E-state index < -0.39 is 5.54 Å². The van der Waals surface area contributed by atoms with Crippen molar-refractivity contribution >= 4 is 5.91 Å². The van der Waals surface area contributed by atoms with Gasteiger partial charge in [0.05, 0.1) is 12.1 Å². The molecule has 2 unspecified atom stereocenters. The van der Waals surface area contributed by atoms with Crippen LogP contribution in [-0.4, -0.2) is 29.7 Å². The van der Waals surface area contributed by atoms with E-state index in [4.69, 9.17) is 0 Å². The topological polar surface area (TPSA) is 61.4 Å². The summed E-state index contributed by atoms with van der Waals surface area (Å²) < 4.78 is 0. The van der Waals surface area contributed by atoms with E-state index in [0.717, 1.165) is 18.5 Å². The van der Waals surface area contributed by atoms with Gasteiger partial charge >= 0.3 is 0 Å². The van der Waals surface area contributed by atoms with Gasteiger partial charge in [-0.3, -0.25) is 4.79 Å². The molecule has 1 aromatic carbocycles. The molecule has 0 aliphatic carbocycles. The summed E-state index contributed by atoms with van der Waals surface area (Å²) in [5.74, 6) is -0.0643. The standard InChI is InChI=1S/C15H22N2O2/c1-3-15(2,10-18)17-14(19)13-12-7-5-4-6-11(12)8-9-16-13/h4-7,13,16,18H,3,8-10H2,1-2H3,(H,17,19). The number of hydrogen-bond acceptors (Lipinski definition) is 3. The number of hydrogen-bond donors (Lipinski definition) is 3. The first-order chi connectivity index (χ1) is 9.09. The van der Waals surface area contributed by atoms with Crippen LogP contribution >= 0.6 is 0 Å². The fourth-order valence-corrected chi connectivity index (χ4v) is 2.35. The average molecular weight is 262 g/mol. The van der Waals surface area contributed by atoms with Crippen LogP contribution in [-0.2, 0) is 11.2 Å². The summed E-state index contributed by atoms with van der Waals surface area (Å²) in [4.78, 5) is 12.4. The van der Waals surface area contributed by atoms with Gasteiger partial charge in [-0.2, -0.15) is 0 Å². The smallest absolute Gasteiger partial charge is 0.242 e. The molecule has 3 N–H and O–H groups in total. The summed E-state index contributed by atoms with van der Waals surface area (Å²) >= 11 is 0. The Labute approximate surface area is 114 Å². The predicted molar refractivity (Wildman–Crippen MR) is 74.8 cm³/mol. The minimum atomic E-state index is -0.550. The van der Waals surface area contributed by atoms with Gasteiger partial charge in [0.25, 0.3) is 0 Å². The van der Waals surface area contributed by atoms with Gasteiger partial charge in [-0.25, -0.2) is 0 Å². The SMILES string of the molecule is CCC(C)(CO)NC(=O)C1NCCc2ccccc21. The van der Waals surface area contributed by atoms with E-state index in [1.54, 1.807) is 0 Å². The van der Waals surface area contributed by atoms with Crippen LogP contribution in [0.3, 0.4) is 0 Å². The Morgan fingerprint density at radius 1 is 1.53 bits per heavy atom. The van der Waals surface area contributed by atoms with E-state index in [9.17, 15) is 9.90 Å². The summed E-state index contributed by atoms with van der Waals surface area (Å²) in [7, 11) is 0. The van der Waals surface area contributed by atoms with E-state index in [0.29, 0.717) is 6.42 Å². The van der Waals surface area contributed by atoms with Gasteiger partial charge in [0, 0.05) is 6.54 Å². The van der Waals surface area contributed by atoms with Crippen LogP contribution in [0.15, 0.2) is 24.3 Å². The molecule has 0 radical (unpaired) electrons. The van der Waals surface area contributed by atoms with Crippen molar-refractivity contribution in [3.8, 4) is 0 Å². The number of rotatable bonds is 4. The Bertz CT molecular complexity index is 455. The average Bonchev–Trinajstić information content (AvgIpc) is 2.46. The minimum absolute atomic E-state index is 0.0520. The number of aliphatic hydroxyl groups is 1. The number of benzene rings is 1. The van der Waals surface area contributed by atoms with Crippen molar-refractivity contribution in [2.45, 2.75) is 38.3 Å². The van der Waals surface area contributed by atoms with Crippen LogP contribution in [0.5, 0.6) is 0 Å². The monoisotopic (exact) mass is 262 g/mol. The van der Waals surface area contributed by atoms with Crippen LogP contribution in [0.4, 0.5) is 0 Å². The molecule has 104 valence electrons. The highest BCUT2D eigenvalue weighted by atomic mass is 16.3. The Kier molecular flexibility index (Phi) is 4.22. The second-order valence-corrected chi connectivity index (χ2v) is 5.40. The third kappa shape index (κ3) is 2.96. The van der Waals surface area contributed by atoms with Gasteiger partial charge in [-0.15, -0.1) is 0 Å². The molecule has 1 aromatic rings. The van der Waals surface area contributed by atoms with E-state index in [-0.39, 0.29) is 18.6 Å². The second kappa shape index (κ2) is 5.72. The lowest BCUT2D eigenvalue weighted by Gasteiger charge is -2.32. The number of carbonyl (C=O) groups is 1. The first-order valence-electron chi connectivity index (χ1n) is 6.84. The van der Waals surface area contributed by atoms with Crippen molar-refractivity contribution in [2.75, 3.05) is 13.2 Å². The molecule has 0 bridgehead atoms. The molecule has 1 aliphatic heterocycles. The molecule has 0 spiro atoms. The quantitative estimate of drug-likeness (QED) is 0.763. The van der Waals surface area contributed by atoms with Crippen molar-refractivity contribution in [3.05, 3.63) is 35.4 Å². The second-order valence-electron chi connectivity index (χ2n) is 5.40. The molecule has 2 rings (SSSR count). The van der Waals surface area contributed by atoms with Gasteiger partial charge in [0.2, 0.25) is 5.91 Å². The largest absolute Gasteiger partial charge is 0.394 e. The molecular formula is C15H22N2O2. The Morgan fingerprint density at radius 2 is 2.26 bits per heavy atom. The number of nitrogens with one attached hydrogen (secondary N) is 2. The fraction of sp³-hybridized carbons (Fsp3) is 0.533. The Balaban J connectivity index is 2.17. The van der Waals surface area contributed by atoms with Crippen LogP contribution in [0, 0.1) is 0 Å². The van der Waals surface area contributed by atoms with Crippen molar-refractivity contribution in [2.24, 2.45) is 0 Å². The zero-order chi connectivity index (χ0) is 13.9. The third-order valence-corrected chi connectivity index (χ3v) is 3.93. The molecule has 4 nitrogen and oxygen atoms in total. The van der Waals surface area contributed by atoms with Crippen LogP contribution in [0.1, 0.15) is 37.4 Å². The summed E-state index contributed by atoms with van der Waals surface area (Å²) in [5, 5.41) is 15.6. The number of amides is 1. The van der Waals surface area contributed by atoms with Gasteiger partial charge < -0.3 is 15.7 Å². The zero-order valence-corrected chi connectivity index (χ0v) is 11.6. The first-order valence-corrected chi connectivity index (χ1v) is 6.84. The minimum Gasteiger partial charge on any atom is -0.394 e. The molecule has 2 atom stereocenters. The van der Waals surface area contributed by atoms with E-state index in [2.05, 4.69) is 16.7 Å². The van der Waals surface area contributed by atoms with Crippen LogP contribution < -0.4 is 10.6 Å². The molecule has 0 fully saturated rings. The zero-order valence-electron chi connectivity index (χ0n) is 11.6. The maximum atomic E-state index is 12.4. The van der Waals surface area contributed by atoms with Crippen molar-refractivity contribution in [1.29, 1.82) is 0 Å². The van der Waals surface area contributed by atoms with Crippen molar-refractivity contribution in [3.63, 3.8) is 0 Å². The van der Waals surface area contributed by atoms with Gasteiger partial charge in [0.1, 0.15) is 6.04 Å². The highest BCUT2D eigenvalue weighted by Crippen LogP contribution is 2.23. The predicted octanol–water partition coefficient (Wildman–Crippen LogP) is 1.15. The normalized spacial score (nSPS) is 21.3. The molecule has 1 amide bonds. The molecule has 1 heterocycles. The van der Waals surface area contributed by atoms with Crippen LogP contribution in [0.25, 0.3) is 0 Å². The summed E-state index contributed by atoms with van der Waals surface area (Å²) in [6.45, 7) is 4.57. The number of aliphatic hydroxyl groups excluding tert-OH is 1. The molecule has 1 aliphatic rings. The third-order valence-electron chi connectivity index (χ3n) is 3.93. The van der Waals surface area contributed by atoms with Crippen molar-refractivity contribution < 1.29 is 9.90 Å². The van der Waals surface area contributed by atoms with E-state index in [1.165, 1.54) is 5.56 Å². The molecule has 0 aromatic heterocycles. The van der Waals surface area contributed by atoms with E-state index in [1.807, 2.05) is 32.0 Å². The summed E-state index contributed by atoms with van der Waals surface area (Å²) in [6.07, 6.45) is 1.65. The summed E-state index contributed by atoms with van der Waals surface area (Å²) in [5.41, 5.74) is 1.72. The van der Waals surface area contributed by atoms with Crippen LogP contribution in [0.2, 0.25) is 0 Å². The lowest BCUT2D eigenvalue weighted by molar-refractivity contribution is -0.125. The molecular weight excluding hydrogens is 240 g/mol.